The van der Waals surface area contributed by atoms with Crippen LogP contribution in [0.25, 0.3) is 0 Å². The Balaban J connectivity index is 1.69. The summed E-state index contributed by atoms with van der Waals surface area (Å²) in [5.74, 6) is 0.526. The van der Waals surface area contributed by atoms with Gasteiger partial charge in [-0.2, -0.15) is 0 Å². The molecule has 2 heterocycles. The lowest BCUT2D eigenvalue weighted by Gasteiger charge is -2.31. The van der Waals surface area contributed by atoms with Crippen LogP contribution < -0.4 is 5.32 Å². The number of benzene rings is 1. The molecule has 3 rings (SSSR count). The molecule has 0 aromatic heterocycles. The second kappa shape index (κ2) is 5.96. The SMILES string of the molecule is CC1CCC(C(=O)N2CCCc3ccccc3C2)CN1. The van der Waals surface area contributed by atoms with E-state index in [-0.39, 0.29) is 5.92 Å². The molecule has 0 bridgehead atoms. The van der Waals surface area contributed by atoms with Crippen molar-refractivity contribution < 1.29 is 4.79 Å². The van der Waals surface area contributed by atoms with Crippen molar-refractivity contribution in [1.82, 2.24) is 10.2 Å². The average Bonchev–Trinajstić information content (AvgIpc) is 2.69. The van der Waals surface area contributed by atoms with E-state index in [1.807, 2.05) is 0 Å². The van der Waals surface area contributed by atoms with E-state index < -0.39 is 0 Å². The predicted molar refractivity (Wildman–Crippen MR) is 80.4 cm³/mol. The monoisotopic (exact) mass is 272 g/mol. The van der Waals surface area contributed by atoms with Crippen molar-refractivity contribution >= 4 is 5.91 Å². The van der Waals surface area contributed by atoms with Gasteiger partial charge in [0.05, 0.1) is 5.92 Å². The van der Waals surface area contributed by atoms with Gasteiger partial charge in [-0.25, -0.2) is 0 Å². The number of carbonyl (C=O) groups excluding carboxylic acids is 1. The van der Waals surface area contributed by atoms with E-state index in [2.05, 4.69) is 41.4 Å². The van der Waals surface area contributed by atoms with E-state index >= 15 is 0 Å². The molecule has 2 aliphatic rings. The summed E-state index contributed by atoms with van der Waals surface area (Å²) in [6, 6.07) is 9.11. The first-order chi connectivity index (χ1) is 9.74. The zero-order valence-corrected chi connectivity index (χ0v) is 12.3. The topological polar surface area (TPSA) is 32.3 Å². The minimum Gasteiger partial charge on any atom is -0.338 e. The number of rotatable bonds is 1. The third-order valence-electron chi connectivity index (χ3n) is 4.68. The van der Waals surface area contributed by atoms with Crippen LogP contribution in [0.5, 0.6) is 0 Å². The van der Waals surface area contributed by atoms with Crippen molar-refractivity contribution in [3.63, 3.8) is 0 Å². The van der Waals surface area contributed by atoms with Crippen LogP contribution in [-0.4, -0.2) is 29.9 Å². The van der Waals surface area contributed by atoms with Gasteiger partial charge in [-0.05, 0) is 43.7 Å². The van der Waals surface area contributed by atoms with Gasteiger partial charge in [-0.15, -0.1) is 0 Å². The van der Waals surface area contributed by atoms with Crippen LogP contribution >= 0.6 is 0 Å². The minimum absolute atomic E-state index is 0.177. The van der Waals surface area contributed by atoms with Gasteiger partial charge < -0.3 is 10.2 Å². The fraction of sp³-hybridized carbons (Fsp3) is 0.588. The number of fused-ring (bicyclic) bond motifs is 1. The average molecular weight is 272 g/mol. The number of nitrogens with one attached hydrogen (secondary N) is 1. The van der Waals surface area contributed by atoms with Crippen molar-refractivity contribution in [3.8, 4) is 0 Å². The molecule has 108 valence electrons. The number of nitrogens with zero attached hydrogens (tertiary/aromatic N) is 1. The zero-order valence-electron chi connectivity index (χ0n) is 12.3. The predicted octanol–water partition coefficient (Wildman–Crippen LogP) is 2.35. The molecule has 1 amide bonds. The summed E-state index contributed by atoms with van der Waals surface area (Å²) >= 11 is 0. The maximum Gasteiger partial charge on any atom is 0.227 e. The summed E-state index contributed by atoms with van der Waals surface area (Å²) in [5, 5.41) is 3.44. The molecule has 20 heavy (non-hydrogen) atoms. The first-order valence-corrected chi connectivity index (χ1v) is 7.83. The Morgan fingerprint density at radius 2 is 2.05 bits per heavy atom. The number of aryl methyl sites for hydroxylation is 1. The van der Waals surface area contributed by atoms with Crippen molar-refractivity contribution in [2.75, 3.05) is 13.1 Å². The van der Waals surface area contributed by atoms with Gasteiger partial charge >= 0.3 is 0 Å². The van der Waals surface area contributed by atoms with Crippen molar-refractivity contribution in [2.24, 2.45) is 5.92 Å². The Kier molecular flexibility index (Phi) is 4.06. The zero-order chi connectivity index (χ0) is 13.9. The third kappa shape index (κ3) is 2.88. The highest BCUT2D eigenvalue weighted by molar-refractivity contribution is 5.79. The van der Waals surface area contributed by atoms with Gasteiger partial charge in [0.2, 0.25) is 5.91 Å². The fourth-order valence-corrected chi connectivity index (χ4v) is 3.36. The van der Waals surface area contributed by atoms with E-state index in [4.69, 9.17) is 0 Å². The first kappa shape index (κ1) is 13.6. The highest BCUT2D eigenvalue weighted by Gasteiger charge is 2.28. The Morgan fingerprint density at radius 3 is 2.80 bits per heavy atom. The second-order valence-corrected chi connectivity index (χ2v) is 6.22. The number of carbonyl (C=O) groups is 1. The molecule has 2 unspecified atom stereocenters. The molecular formula is C17H24N2O. The van der Waals surface area contributed by atoms with Gasteiger partial charge in [-0.3, -0.25) is 4.79 Å². The Morgan fingerprint density at radius 1 is 1.25 bits per heavy atom. The van der Waals surface area contributed by atoms with Crippen LogP contribution in [0.15, 0.2) is 24.3 Å². The number of amides is 1. The van der Waals surface area contributed by atoms with Crippen LogP contribution in [-0.2, 0) is 17.8 Å². The molecule has 0 aliphatic carbocycles. The van der Waals surface area contributed by atoms with Crippen LogP contribution in [0.1, 0.15) is 37.3 Å². The number of piperidine rings is 1. The maximum atomic E-state index is 12.7. The molecule has 0 saturated carbocycles. The van der Waals surface area contributed by atoms with E-state index in [1.165, 1.54) is 11.1 Å². The molecule has 0 spiro atoms. The van der Waals surface area contributed by atoms with Gasteiger partial charge in [0, 0.05) is 25.7 Å². The van der Waals surface area contributed by atoms with Crippen molar-refractivity contribution in [2.45, 2.75) is 45.2 Å². The molecule has 0 radical (unpaired) electrons. The summed E-state index contributed by atoms with van der Waals surface area (Å²) in [6.45, 7) is 4.74. The van der Waals surface area contributed by atoms with E-state index in [0.717, 1.165) is 45.3 Å². The highest BCUT2D eigenvalue weighted by atomic mass is 16.2. The quantitative estimate of drug-likeness (QED) is 0.851. The maximum absolute atomic E-state index is 12.7. The summed E-state index contributed by atoms with van der Waals surface area (Å²) in [4.78, 5) is 14.8. The van der Waals surface area contributed by atoms with E-state index in [1.54, 1.807) is 0 Å². The molecule has 1 aromatic carbocycles. The lowest BCUT2D eigenvalue weighted by molar-refractivity contribution is -0.136. The van der Waals surface area contributed by atoms with E-state index in [9.17, 15) is 4.79 Å². The van der Waals surface area contributed by atoms with Gasteiger partial charge in [0.25, 0.3) is 0 Å². The molecule has 2 aliphatic heterocycles. The normalized spacial score (nSPS) is 26.8. The molecule has 2 atom stereocenters. The van der Waals surface area contributed by atoms with Crippen LogP contribution in [0.2, 0.25) is 0 Å². The van der Waals surface area contributed by atoms with Gasteiger partial charge in [0.1, 0.15) is 0 Å². The molecule has 3 nitrogen and oxygen atoms in total. The van der Waals surface area contributed by atoms with Gasteiger partial charge in [-0.1, -0.05) is 24.3 Å². The molecule has 3 heteroatoms. The van der Waals surface area contributed by atoms with Crippen LogP contribution in [0.3, 0.4) is 0 Å². The van der Waals surface area contributed by atoms with Crippen LogP contribution in [0, 0.1) is 5.92 Å². The molecule has 1 N–H and O–H groups in total. The molecular weight excluding hydrogens is 248 g/mol. The van der Waals surface area contributed by atoms with Crippen molar-refractivity contribution in [3.05, 3.63) is 35.4 Å². The highest BCUT2D eigenvalue weighted by Crippen LogP contribution is 2.22. The first-order valence-electron chi connectivity index (χ1n) is 7.83. The second-order valence-electron chi connectivity index (χ2n) is 6.22. The third-order valence-corrected chi connectivity index (χ3v) is 4.68. The fourth-order valence-electron chi connectivity index (χ4n) is 3.36. The van der Waals surface area contributed by atoms with Crippen LogP contribution in [0.4, 0.5) is 0 Å². The summed E-state index contributed by atoms with van der Waals surface area (Å²) in [5.41, 5.74) is 2.74. The van der Waals surface area contributed by atoms with Gasteiger partial charge in [0.15, 0.2) is 0 Å². The Hall–Kier alpha value is -1.35. The Labute approximate surface area is 121 Å². The number of hydrogen-bond donors (Lipinski definition) is 1. The molecule has 1 fully saturated rings. The summed E-state index contributed by atoms with van der Waals surface area (Å²) < 4.78 is 0. The largest absolute Gasteiger partial charge is 0.338 e. The summed E-state index contributed by atoms with van der Waals surface area (Å²) in [7, 11) is 0. The lowest BCUT2D eigenvalue weighted by Crippen LogP contribution is -2.45. The Bertz CT molecular complexity index is 478. The minimum atomic E-state index is 0.177. The number of hydrogen-bond acceptors (Lipinski definition) is 2. The lowest BCUT2D eigenvalue weighted by atomic mass is 9.94. The standard InChI is InChI=1S/C17H24N2O/c1-13-8-9-15(11-18-13)17(20)19-10-4-7-14-5-2-3-6-16(14)12-19/h2-3,5-6,13,15,18H,4,7-12H2,1H3. The summed E-state index contributed by atoms with van der Waals surface area (Å²) in [6.07, 6.45) is 4.32. The molecule has 1 saturated heterocycles. The van der Waals surface area contributed by atoms with Crippen molar-refractivity contribution in [1.29, 1.82) is 0 Å². The smallest absolute Gasteiger partial charge is 0.227 e. The van der Waals surface area contributed by atoms with E-state index in [0.29, 0.717) is 11.9 Å². The molecule has 1 aromatic rings.